The van der Waals surface area contributed by atoms with Gasteiger partial charge < -0.3 is 9.84 Å². The molecule has 5 rings (SSSR count). The normalized spacial score (nSPS) is 22.7. The highest BCUT2D eigenvalue weighted by molar-refractivity contribution is 6.30. The molecule has 2 aromatic carbocycles. The van der Waals surface area contributed by atoms with Crippen LogP contribution in [0.1, 0.15) is 79.7 Å². The average Bonchev–Trinajstić information content (AvgIpc) is 3.51. The smallest absolute Gasteiger partial charge is 0.306 e. The first-order valence-electron chi connectivity index (χ1n) is 14.6. The number of carboxylic acid groups (broad SMARTS) is 1. The molecule has 2 aromatic rings. The molecule has 2 aliphatic carbocycles. The van der Waals surface area contributed by atoms with Crippen LogP contribution in [0.25, 0.3) is 0 Å². The summed E-state index contributed by atoms with van der Waals surface area (Å²) < 4.78 is 5.78. The van der Waals surface area contributed by atoms with Crippen molar-refractivity contribution in [3.05, 3.63) is 63.7 Å². The number of benzene rings is 2. The van der Waals surface area contributed by atoms with Crippen molar-refractivity contribution in [3.63, 3.8) is 0 Å². The molecule has 0 bridgehead atoms. The molecule has 1 N–H and O–H groups in total. The largest absolute Gasteiger partial charge is 0.496 e. The Balaban J connectivity index is 1.29. The maximum Gasteiger partial charge on any atom is 0.306 e. The number of likely N-dealkylation sites (tertiary alicyclic amines) is 1. The second-order valence-corrected chi connectivity index (χ2v) is 12.0. The number of carbonyl (C=O) groups is 3. The van der Waals surface area contributed by atoms with E-state index in [1.807, 2.05) is 6.07 Å². The maximum atomic E-state index is 11.9. The van der Waals surface area contributed by atoms with Crippen molar-refractivity contribution in [2.24, 2.45) is 11.8 Å². The van der Waals surface area contributed by atoms with E-state index in [2.05, 4.69) is 35.2 Å². The van der Waals surface area contributed by atoms with Crippen LogP contribution in [0.4, 0.5) is 0 Å². The summed E-state index contributed by atoms with van der Waals surface area (Å²) in [4.78, 5) is 39.3. The van der Waals surface area contributed by atoms with Crippen LogP contribution in [0.15, 0.2) is 36.4 Å². The first-order chi connectivity index (χ1) is 19.3. The van der Waals surface area contributed by atoms with Crippen molar-refractivity contribution >= 4 is 29.4 Å². The Hall–Kier alpha value is -2.90. The van der Waals surface area contributed by atoms with Crippen LogP contribution in [0.3, 0.4) is 0 Å². The number of methoxy groups -OCH3 is 1. The number of ether oxygens (including phenoxy) is 1. The molecule has 2 fully saturated rings. The molecule has 1 heterocycles. The lowest BCUT2D eigenvalue weighted by Crippen LogP contribution is -2.34. The average molecular weight is 567 g/mol. The van der Waals surface area contributed by atoms with Gasteiger partial charge in [-0.25, -0.2) is 0 Å². The minimum Gasteiger partial charge on any atom is -0.496 e. The summed E-state index contributed by atoms with van der Waals surface area (Å²) in [6.45, 7) is 2.16. The van der Waals surface area contributed by atoms with Gasteiger partial charge in [0.25, 0.3) is 0 Å². The first kappa shape index (κ1) is 28.6. The first-order valence-corrected chi connectivity index (χ1v) is 14.9. The van der Waals surface area contributed by atoms with E-state index in [0.717, 1.165) is 74.4 Å². The maximum absolute atomic E-state index is 11.9. The standard InChI is InChI=1S/C32H39ClN2O5/c1-40-29-17-22(6-7-23(29)3-2-16-35-30(36)14-15-31(35)37)20-34(19-21-4-8-24(9-5-21)32(38)39)28-13-10-25-18-26(33)11-12-27(25)28/h6-7,11-12,17-18,21,24,28H,2-5,8-10,13-16,19-20H2,1H3,(H,38,39)/t21-,24-,28?. The van der Waals surface area contributed by atoms with Crippen LogP contribution in [-0.4, -0.2) is 52.9 Å². The van der Waals surface area contributed by atoms with Crippen molar-refractivity contribution in [1.82, 2.24) is 9.80 Å². The molecule has 2 amide bonds. The number of aliphatic carboxylic acids is 1. The van der Waals surface area contributed by atoms with Gasteiger partial charge >= 0.3 is 5.97 Å². The number of imide groups is 1. The van der Waals surface area contributed by atoms with Gasteiger partial charge in [0.2, 0.25) is 11.8 Å². The summed E-state index contributed by atoms with van der Waals surface area (Å²) in [7, 11) is 1.69. The van der Waals surface area contributed by atoms with Crippen molar-refractivity contribution in [2.75, 3.05) is 20.2 Å². The quantitative estimate of drug-likeness (QED) is 0.345. The summed E-state index contributed by atoms with van der Waals surface area (Å²) in [5, 5.41) is 10.2. The zero-order chi connectivity index (χ0) is 28.2. The van der Waals surface area contributed by atoms with E-state index in [-0.39, 0.29) is 17.7 Å². The molecular weight excluding hydrogens is 528 g/mol. The number of rotatable bonds is 11. The van der Waals surface area contributed by atoms with Gasteiger partial charge in [-0.15, -0.1) is 0 Å². The molecule has 0 aromatic heterocycles. The van der Waals surface area contributed by atoms with Gasteiger partial charge in [0.15, 0.2) is 0 Å². The summed E-state index contributed by atoms with van der Waals surface area (Å²) in [6.07, 6.45) is 7.53. The van der Waals surface area contributed by atoms with E-state index in [0.29, 0.717) is 37.8 Å². The molecule has 1 aliphatic heterocycles. The Morgan fingerprint density at radius 2 is 1.77 bits per heavy atom. The van der Waals surface area contributed by atoms with Gasteiger partial charge in [0, 0.05) is 43.5 Å². The molecule has 1 unspecified atom stereocenters. The van der Waals surface area contributed by atoms with Crippen molar-refractivity contribution in [3.8, 4) is 5.75 Å². The van der Waals surface area contributed by atoms with E-state index < -0.39 is 5.97 Å². The Morgan fingerprint density at radius 3 is 2.48 bits per heavy atom. The number of nitrogens with zero attached hydrogens (tertiary/aromatic N) is 2. The molecular formula is C32H39ClN2O5. The zero-order valence-corrected chi connectivity index (χ0v) is 24.0. The van der Waals surface area contributed by atoms with Crippen LogP contribution in [-0.2, 0) is 33.8 Å². The van der Waals surface area contributed by atoms with Crippen molar-refractivity contribution < 1.29 is 24.2 Å². The second kappa shape index (κ2) is 12.7. The molecule has 0 spiro atoms. The Kier molecular flexibility index (Phi) is 9.11. The molecule has 8 heteroatoms. The third-order valence-corrected chi connectivity index (χ3v) is 9.24. The molecule has 7 nitrogen and oxygen atoms in total. The Morgan fingerprint density at radius 1 is 1.02 bits per heavy atom. The number of halogens is 1. The summed E-state index contributed by atoms with van der Waals surface area (Å²) in [5.41, 5.74) is 4.91. The number of amides is 2. The SMILES string of the molecule is COc1cc(CN(C[C@H]2CC[C@H](C(=O)O)CC2)C2CCc3cc(Cl)ccc32)ccc1CCCN1C(=O)CCC1=O. The van der Waals surface area contributed by atoms with Crippen molar-refractivity contribution in [2.45, 2.75) is 76.8 Å². The predicted molar refractivity (Wildman–Crippen MR) is 153 cm³/mol. The van der Waals surface area contributed by atoms with E-state index >= 15 is 0 Å². The Labute approximate surface area is 241 Å². The van der Waals surface area contributed by atoms with Gasteiger partial charge in [0.05, 0.1) is 13.0 Å². The number of aryl methyl sites for hydroxylation is 2. The lowest BCUT2D eigenvalue weighted by atomic mass is 9.81. The topological polar surface area (TPSA) is 87.2 Å². The van der Waals surface area contributed by atoms with E-state index in [1.165, 1.54) is 21.6 Å². The fourth-order valence-electron chi connectivity index (χ4n) is 6.80. The van der Waals surface area contributed by atoms with Crippen LogP contribution in [0.2, 0.25) is 5.02 Å². The van der Waals surface area contributed by atoms with Gasteiger partial charge in [-0.1, -0.05) is 29.8 Å². The molecule has 1 saturated carbocycles. The number of hydrogen-bond acceptors (Lipinski definition) is 5. The molecule has 0 radical (unpaired) electrons. The highest BCUT2D eigenvalue weighted by Crippen LogP contribution is 2.40. The third-order valence-electron chi connectivity index (χ3n) is 9.00. The summed E-state index contributed by atoms with van der Waals surface area (Å²) >= 11 is 6.30. The third kappa shape index (κ3) is 6.52. The van der Waals surface area contributed by atoms with Gasteiger partial charge in [0.1, 0.15) is 5.75 Å². The summed E-state index contributed by atoms with van der Waals surface area (Å²) in [5.74, 6) is 0.292. The van der Waals surface area contributed by atoms with E-state index in [1.54, 1.807) is 7.11 Å². The van der Waals surface area contributed by atoms with Gasteiger partial charge in [-0.2, -0.15) is 0 Å². The van der Waals surface area contributed by atoms with Crippen molar-refractivity contribution in [1.29, 1.82) is 0 Å². The predicted octanol–water partition coefficient (Wildman–Crippen LogP) is 5.81. The number of hydrogen-bond donors (Lipinski definition) is 1. The van der Waals surface area contributed by atoms with Gasteiger partial charge in [-0.05, 0) is 97.7 Å². The Bertz CT molecular complexity index is 1240. The molecule has 40 heavy (non-hydrogen) atoms. The lowest BCUT2D eigenvalue weighted by Gasteiger charge is -2.35. The fraction of sp³-hybridized carbons (Fsp3) is 0.531. The summed E-state index contributed by atoms with van der Waals surface area (Å²) in [6, 6.07) is 12.9. The zero-order valence-electron chi connectivity index (χ0n) is 23.2. The van der Waals surface area contributed by atoms with Crippen LogP contribution in [0, 0.1) is 11.8 Å². The minimum atomic E-state index is -0.664. The number of carbonyl (C=O) groups excluding carboxylic acids is 2. The van der Waals surface area contributed by atoms with Crippen LogP contribution in [0.5, 0.6) is 5.75 Å². The second-order valence-electron chi connectivity index (χ2n) is 11.6. The minimum absolute atomic E-state index is 0.0698. The molecule has 214 valence electrons. The highest BCUT2D eigenvalue weighted by Gasteiger charge is 2.33. The van der Waals surface area contributed by atoms with Crippen LogP contribution < -0.4 is 4.74 Å². The monoisotopic (exact) mass is 566 g/mol. The lowest BCUT2D eigenvalue weighted by molar-refractivity contribution is -0.143. The van der Waals surface area contributed by atoms with Crippen LogP contribution >= 0.6 is 11.6 Å². The number of fused-ring (bicyclic) bond motifs is 1. The molecule has 1 atom stereocenters. The van der Waals surface area contributed by atoms with Gasteiger partial charge in [-0.3, -0.25) is 24.2 Å². The molecule has 3 aliphatic rings. The van der Waals surface area contributed by atoms with E-state index in [4.69, 9.17) is 16.3 Å². The van der Waals surface area contributed by atoms with E-state index in [9.17, 15) is 19.5 Å². The highest BCUT2D eigenvalue weighted by atomic mass is 35.5. The molecule has 1 saturated heterocycles. The fourth-order valence-corrected chi connectivity index (χ4v) is 6.99. The number of carboxylic acids is 1.